The number of piperidine rings is 1. The summed E-state index contributed by atoms with van der Waals surface area (Å²) in [5, 5.41) is 7.34. The number of rotatable bonds is 5. The van der Waals surface area contributed by atoms with Crippen LogP contribution in [-0.2, 0) is 0 Å². The molecule has 2 aliphatic rings. The molecular weight excluding hydrogens is 402 g/mol. The number of hydrogen-bond donors (Lipinski definition) is 1. The summed E-state index contributed by atoms with van der Waals surface area (Å²) in [4.78, 5) is 32.0. The fraction of sp³-hybridized carbons (Fsp3) is 0.360. The zero-order chi connectivity index (χ0) is 22.1. The number of hydrogen-bond acceptors (Lipinski definition) is 4. The topological polar surface area (TPSA) is 80.1 Å². The molecule has 1 saturated carbocycles. The molecule has 0 spiro atoms. The van der Waals surface area contributed by atoms with Crippen LogP contribution in [0.25, 0.3) is 5.69 Å². The molecule has 0 atom stereocenters. The Morgan fingerprint density at radius 1 is 0.938 bits per heavy atom. The minimum Gasteiger partial charge on any atom is -0.339 e. The summed E-state index contributed by atoms with van der Waals surface area (Å²) < 4.78 is 1.77. The zero-order valence-corrected chi connectivity index (χ0v) is 18.2. The van der Waals surface area contributed by atoms with Crippen LogP contribution in [0.4, 0.5) is 5.69 Å². The molecule has 2 fully saturated rings. The normalized spacial score (nSPS) is 16.7. The number of nitrogens with zero attached hydrogens (tertiary/aromatic N) is 4. The zero-order valence-electron chi connectivity index (χ0n) is 18.2. The average Bonchev–Trinajstić information content (AvgIpc) is 3.58. The number of carbonyl (C=O) groups is 2. The molecule has 32 heavy (non-hydrogen) atoms. The number of para-hydroxylation sites is 1. The first-order valence-electron chi connectivity index (χ1n) is 11.3. The van der Waals surface area contributed by atoms with Gasteiger partial charge in [-0.3, -0.25) is 9.59 Å². The molecule has 164 valence electrons. The Bertz CT molecular complexity index is 1110. The van der Waals surface area contributed by atoms with E-state index in [2.05, 4.69) is 22.3 Å². The monoisotopic (exact) mass is 429 g/mol. The van der Waals surface area contributed by atoms with E-state index in [0.29, 0.717) is 23.1 Å². The van der Waals surface area contributed by atoms with Crippen molar-refractivity contribution in [1.29, 1.82) is 0 Å². The highest BCUT2D eigenvalue weighted by Crippen LogP contribution is 2.39. The van der Waals surface area contributed by atoms with Gasteiger partial charge in [0.15, 0.2) is 0 Å². The van der Waals surface area contributed by atoms with E-state index in [-0.39, 0.29) is 17.6 Å². The van der Waals surface area contributed by atoms with Crippen LogP contribution in [0, 0.1) is 5.92 Å². The van der Waals surface area contributed by atoms with Gasteiger partial charge in [0.05, 0.1) is 5.69 Å². The maximum absolute atomic E-state index is 12.8. The molecule has 1 saturated heterocycles. The van der Waals surface area contributed by atoms with Gasteiger partial charge in [0.2, 0.25) is 5.82 Å². The van der Waals surface area contributed by atoms with Crippen LogP contribution in [0.15, 0.2) is 54.6 Å². The van der Waals surface area contributed by atoms with E-state index in [1.807, 2.05) is 35.2 Å². The Labute approximate surface area is 187 Å². The highest BCUT2D eigenvalue weighted by atomic mass is 16.2. The fourth-order valence-electron chi connectivity index (χ4n) is 4.06. The third kappa shape index (κ3) is 4.28. The van der Waals surface area contributed by atoms with Crippen molar-refractivity contribution in [2.75, 3.05) is 18.4 Å². The summed E-state index contributed by atoms with van der Waals surface area (Å²) >= 11 is 0. The van der Waals surface area contributed by atoms with Crippen molar-refractivity contribution in [1.82, 2.24) is 19.7 Å². The van der Waals surface area contributed by atoms with Crippen LogP contribution in [0.1, 0.15) is 65.3 Å². The van der Waals surface area contributed by atoms with E-state index in [4.69, 9.17) is 0 Å². The molecule has 2 amide bonds. The summed E-state index contributed by atoms with van der Waals surface area (Å²) in [6.45, 7) is 3.83. The summed E-state index contributed by atoms with van der Waals surface area (Å²) in [7, 11) is 0. The molecule has 2 aromatic carbocycles. The average molecular weight is 430 g/mol. The highest BCUT2D eigenvalue weighted by Gasteiger charge is 2.31. The minimum absolute atomic E-state index is 0.0483. The molecular formula is C25H27N5O2. The van der Waals surface area contributed by atoms with Crippen molar-refractivity contribution >= 4 is 17.5 Å². The number of anilines is 1. The van der Waals surface area contributed by atoms with Crippen molar-refractivity contribution in [3.8, 4) is 5.69 Å². The van der Waals surface area contributed by atoms with Gasteiger partial charge in [0, 0.05) is 30.3 Å². The second kappa shape index (κ2) is 8.57. The quantitative estimate of drug-likeness (QED) is 0.657. The first kappa shape index (κ1) is 20.4. The van der Waals surface area contributed by atoms with Crippen LogP contribution in [0.5, 0.6) is 0 Å². The van der Waals surface area contributed by atoms with E-state index in [1.54, 1.807) is 28.9 Å². The Hall–Kier alpha value is -3.48. The lowest BCUT2D eigenvalue weighted by Gasteiger charge is -2.30. The van der Waals surface area contributed by atoms with Gasteiger partial charge in [-0.15, -0.1) is 5.10 Å². The molecule has 1 N–H and O–H groups in total. The van der Waals surface area contributed by atoms with Crippen molar-refractivity contribution in [3.63, 3.8) is 0 Å². The molecule has 5 rings (SSSR count). The van der Waals surface area contributed by atoms with Crippen molar-refractivity contribution < 1.29 is 9.59 Å². The molecule has 2 heterocycles. The molecule has 1 aliphatic heterocycles. The third-order valence-corrected chi connectivity index (χ3v) is 6.24. The standard InChI is InChI=1S/C25H27N5O2/c1-17-13-15-29(16-14-17)25(32)19-9-11-20(12-10-19)26-24(31)22-27-23(18-7-8-18)30(28-22)21-5-3-2-4-6-21/h2-6,9-12,17-18H,7-8,13-16H2,1H3,(H,26,31). The predicted octanol–water partition coefficient (Wildman–Crippen LogP) is 4.27. The smallest absolute Gasteiger partial charge is 0.295 e. The van der Waals surface area contributed by atoms with Crippen LogP contribution in [0.2, 0.25) is 0 Å². The highest BCUT2D eigenvalue weighted by molar-refractivity contribution is 6.02. The molecule has 0 unspecified atom stereocenters. The van der Waals surface area contributed by atoms with Crippen molar-refractivity contribution in [2.24, 2.45) is 5.92 Å². The number of likely N-dealkylation sites (tertiary alicyclic amines) is 1. The van der Waals surface area contributed by atoms with Crippen molar-refractivity contribution in [3.05, 3.63) is 71.8 Å². The van der Waals surface area contributed by atoms with E-state index in [9.17, 15) is 9.59 Å². The van der Waals surface area contributed by atoms with Crippen LogP contribution in [0.3, 0.4) is 0 Å². The van der Waals surface area contributed by atoms with Gasteiger partial charge in [-0.2, -0.15) is 0 Å². The Morgan fingerprint density at radius 2 is 1.62 bits per heavy atom. The third-order valence-electron chi connectivity index (χ3n) is 6.24. The van der Waals surface area contributed by atoms with Gasteiger partial charge in [0.25, 0.3) is 11.8 Å². The van der Waals surface area contributed by atoms with Crippen molar-refractivity contribution in [2.45, 2.75) is 38.5 Å². The number of amides is 2. The SMILES string of the molecule is CC1CCN(C(=O)c2ccc(NC(=O)c3nc(C4CC4)n(-c4ccccc4)n3)cc2)CC1. The molecule has 7 nitrogen and oxygen atoms in total. The van der Waals surface area contributed by atoms with E-state index < -0.39 is 0 Å². The minimum atomic E-state index is -0.356. The summed E-state index contributed by atoms with van der Waals surface area (Å²) in [6.07, 6.45) is 4.23. The number of carbonyl (C=O) groups excluding carboxylic acids is 2. The summed E-state index contributed by atoms with van der Waals surface area (Å²) in [5.74, 6) is 1.71. The van der Waals surface area contributed by atoms with Crippen LogP contribution >= 0.6 is 0 Å². The first-order chi connectivity index (χ1) is 15.6. The maximum Gasteiger partial charge on any atom is 0.295 e. The Kier molecular flexibility index (Phi) is 5.47. The Balaban J connectivity index is 1.29. The number of aromatic nitrogens is 3. The van der Waals surface area contributed by atoms with E-state index in [1.165, 1.54) is 0 Å². The fourth-order valence-corrected chi connectivity index (χ4v) is 4.06. The van der Waals surface area contributed by atoms with Gasteiger partial charge in [0.1, 0.15) is 5.82 Å². The van der Waals surface area contributed by atoms with Gasteiger partial charge < -0.3 is 10.2 Å². The lowest BCUT2D eigenvalue weighted by atomic mass is 9.98. The molecule has 1 aliphatic carbocycles. The number of benzene rings is 2. The Morgan fingerprint density at radius 3 is 2.28 bits per heavy atom. The second-order valence-corrected chi connectivity index (χ2v) is 8.82. The second-order valence-electron chi connectivity index (χ2n) is 8.82. The lowest BCUT2D eigenvalue weighted by Crippen LogP contribution is -2.37. The molecule has 3 aromatic rings. The predicted molar refractivity (Wildman–Crippen MR) is 122 cm³/mol. The molecule has 0 radical (unpaired) electrons. The van der Waals surface area contributed by atoms with E-state index >= 15 is 0 Å². The number of nitrogens with one attached hydrogen (secondary N) is 1. The summed E-state index contributed by atoms with van der Waals surface area (Å²) in [5.41, 5.74) is 2.15. The van der Waals surface area contributed by atoms with Gasteiger partial charge in [-0.1, -0.05) is 25.1 Å². The molecule has 0 bridgehead atoms. The van der Waals surface area contributed by atoms with E-state index in [0.717, 1.165) is 50.3 Å². The van der Waals surface area contributed by atoms with Gasteiger partial charge in [-0.05, 0) is 68.0 Å². The van der Waals surface area contributed by atoms with Gasteiger partial charge in [-0.25, -0.2) is 9.67 Å². The molecule has 7 heteroatoms. The molecule has 1 aromatic heterocycles. The summed E-state index contributed by atoms with van der Waals surface area (Å²) in [6, 6.07) is 16.8. The van der Waals surface area contributed by atoms with Crippen LogP contribution in [-0.4, -0.2) is 44.6 Å². The van der Waals surface area contributed by atoms with Gasteiger partial charge >= 0.3 is 0 Å². The lowest BCUT2D eigenvalue weighted by molar-refractivity contribution is 0.0697. The van der Waals surface area contributed by atoms with Crippen LogP contribution < -0.4 is 5.32 Å². The largest absolute Gasteiger partial charge is 0.339 e. The maximum atomic E-state index is 12.8. The first-order valence-corrected chi connectivity index (χ1v) is 11.3.